The van der Waals surface area contributed by atoms with E-state index in [1.54, 1.807) is 35.9 Å². The van der Waals surface area contributed by atoms with Gasteiger partial charge in [0.2, 0.25) is 0 Å². The molecule has 4 rings (SSSR count). The van der Waals surface area contributed by atoms with Crippen LogP contribution in [0.3, 0.4) is 0 Å². The lowest BCUT2D eigenvalue weighted by Crippen LogP contribution is -2.13. The van der Waals surface area contributed by atoms with E-state index in [0.717, 1.165) is 21.0 Å². The number of hydrogen-bond acceptors (Lipinski definition) is 5. The molecule has 128 valence electrons. The minimum absolute atomic E-state index is 0.00849. The molecule has 3 aromatic heterocycles. The summed E-state index contributed by atoms with van der Waals surface area (Å²) in [5, 5.41) is 5.12. The number of nitrogens with one attached hydrogen (secondary N) is 1. The van der Waals surface area contributed by atoms with Gasteiger partial charge in [-0.2, -0.15) is 0 Å². The third kappa shape index (κ3) is 3.26. The number of carbonyl (C=O) groups excluding carboxylic acids is 1. The summed E-state index contributed by atoms with van der Waals surface area (Å²) in [6, 6.07) is 13.6. The van der Waals surface area contributed by atoms with E-state index in [1.807, 2.05) is 29.6 Å². The number of rotatable bonds is 4. The average molecular weight is 381 g/mol. The highest BCUT2D eigenvalue weighted by molar-refractivity contribution is 7.23. The first-order valence-corrected chi connectivity index (χ1v) is 9.43. The number of thiazole rings is 1. The Kier molecular flexibility index (Phi) is 4.55. The lowest BCUT2D eigenvalue weighted by molar-refractivity contribution is 0.102. The van der Waals surface area contributed by atoms with Crippen molar-refractivity contribution in [2.75, 3.05) is 5.32 Å². The van der Waals surface area contributed by atoms with Crippen LogP contribution in [0.1, 0.15) is 10.4 Å². The third-order valence-corrected chi connectivity index (χ3v) is 5.69. The Morgan fingerprint density at radius 2 is 1.85 bits per heavy atom. The van der Waals surface area contributed by atoms with E-state index in [4.69, 9.17) is 0 Å². The smallest absolute Gasteiger partial charge is 0.260 e. The molecule has 0 saturated heterocycles. The molecule has 0 aliphatic carbocycles. The Labute approximate surface area is 157 Å². The van der Waals surface area contributed by atoms with Gasteiger partial charge in [0.25, 0.3) is 5.91 Å². The zero-order chi connectivity index (χ0) is 17.9. The standard InChI is InChI=1S/C19H12FN3OS2/c20-14-5-2-1-4-13(14)18(24)23-19-22-16(12-7-9-21-10-8-12)17(26-19)15-6-3-11-25-15/h1-11H,(H,22,23,24). The maximum absolute atomic E-state index is 13.8. The summed E-state index contributed by atoms with van der Waals surface area (Å²) < 4.78 is 13.8. The number of pyridine rings is 1. The molecule has 4 aromatic rings. The number of amides is 1. The van der Waals surface area contributed by atoms with Crippen molar-refractivity contribution >= 4 is 33.7 Å². The van der Waals surface area contributed by atoms with E-state index < -0.39 is 11.7 Å². The van der Waals surface area contributed by atoms with Crippen molar-refractivity contribution in [2.24, 2.45) is 0 Å². The number of halogens is 1. The van der Waals surface area contributed by atoms with Crippen molar-refractivity contribution in [3.05, 3.63) is 77.7 Å². The second kappa shape index (κ2) is 7.15. The van der Waals surface area contributed by atoms with Crippen LogP contribution in [0.15, 0.2) is 66.3 Å². The van der Waals surface area contributed by atoms with Crippen LogP contribution in [0, 0.1) is 5.82 Å². The fraction of sp³-hybridized carbons (Fsp3) is 0. The molecule has 0 radical (unpaired) electrons. The normalized spacial score (nSPS) is 10.7. The summed E-state index contributed by atoms with van der Waals surface area (Å²) in [4.78, 5) is 23.0. The molecular weight excluding hydrogens is 369 g/mol. The molecule has 7 heteroatoms. The first kappa shape index (κ1) is 16.6. The summed E-state index contributed by atoms with van der Waals surface area (Å²) in [7, 11) is 0. The minimum atomic E-state index is -0.561. The first-order valence-electron chi connectivity index (χ1n) is 7.73. The van der Waals surface area contributed by atoms with Crippen molar-refractivity contribution < 1.29 is 9.18 Å². The topological polar surface area (TPSA) is 54.9 Å². The Morgan fingerprint density at radius 3 is 2.58 bits per heavy atom. The maximum Gasteiger partial charge on any atom is 0.260 e. The van der Waals surface area contributed by atoms with Crippen molar-refractivity contribution in [1.82, 2.24) is 9.97 Å². The van der Waals surface area contributed by atoms with Crippen molar-refractivity contribution in [3.63, 3.8) is 0 Å². The zero-order valence-corrected chi connectivity index (χ0v) is 15.0. The Balaban J connectivity index is 1.72. The molecule has 3 heterocycles. The monoisotopic (exact) mass is 381 g/mol. The molecule has 0 unspecified atom stereocenters. The van der Waals surface area contributed by atoms with Crippen LogP contribution in [0.4, 0.5) is 9.52 Å². The molecule has 1 N–H and O–H groups in total. The lowest BCUT2D eigenvalue weighted by Gasteiger charge is -2.02. The van der Waals surface area contributed by atoms with Crippen molar-refractivity contribution in [3.8, 4) is 21.0 Å². The van der Waals surface area contributed by atoms with Gasteiger partial charge in [0, 0.05) is 22.8 Å². The van der Waals surface area contributed by atoms with Gasteiger partial charge in [0.05, 0.1) is 16.1 Å². The van der Waals surface area contributed by atoms with Gasteiger partial charge in [-0.15, -0.1) is 11.3 Å². The summed E-state index contributed by atoms with van der Waals surface area (Å²) in [5.41, 5.74) is 1.67. The summed E-state index contributed by atoms with van der Waals surface area (Å²) in [6.07, 6.45) is 3.40. The second-order valence-corrected chi connectivity index (χ2v) is 7.29. The van der Waals surface area contributed by atoms with Crippen LogP contribution >= 0.6 is 22.7 Å². The van der Waals surface area contributed by atoms with E-state index in [1.165, 1.54) is 23.5 Å². The molecule has 4 nitrogen and oxygen atoms in total. The number of aromatic nitrogens is 2. The van der Waals surface area contributed by atoms with Crippen LogP contribution in [-0.4, -0.2) is 15.9 Å². The molecule has 0 saturated carbocycles. The highest BCUT2D eigenvalue weighted by Gasteiger charge is 2.18. The average Bonchev–Trinajstić information content (AvgIpc) is 3.32. The molecule has 0 spiro atoms. The number of hydrogen-bond donors (Lipinski definition) is 1. The highest BCUT2D eigenvalue weighted by Crippen LogP contribution is 2.40. The molecular formula is C19H12FN3OS2. The van der Waals surface area contributed by atoms with Crippen LogP contribution in [0.5, 0.6) is 0 Å². The molecule has 0 bridgehead atoms. The zero-order valence-electron chi connectivity index (χ0n) is 13.3. The van der Waals surface area contributed by atoms with E-state index in [9.17, 15) is 9.18 Å². The molecule has 1 aromatic carbocycles. The maximum atomic E-state index is 13.8. The van der Waals surface area contributed by atoms with E-state index in [2.05, 4.69) is 15.3 Å². The number of thiophene rings is 1. The van der Waals surface area contributed by atoms with Gasteiger partial charge in [-0.25, -0.2) is 9.37 Å². The number of benzene rings is 1. The summed E-state index contributed by atoms with van der Waals surface area (Å²) in [6.45, 7) is 0. The summed E-state index contributed by atoms with van der Waals surface area (Å²) >= 11 is 2.96. The van der Waals surface area contributed by atoms with Crippen LogP contribution in [0.25, 0.3) is 21.0 Å². The van der Waals surface area contributed by atoms with E-state index >= 15 is 0 Å². The van der Waals surface area contributed by atoms with Gasteiger partial charge in [-0.1, -0.05) is 29.5 Å². The highest BCUT2D eigenvalue weighted by atomic mass is 32.1. The molecule has 0 fully saturated rings. The van der Waals surface area contributed by atoms with Crippen LogP contribution in [0.2, 0.25) is 0 Å². The van der Waals surface area contributed by atoms with Gasteiger partial charge >= 0.3 is 0 Å². The second-order valence-electron chi connectivity index (χ2n) is 5.34. The third-order valence-electron chi connectivity index (χ3n) is 3.66. The SMILES string of the molecule is O=C(Nc1nc(-c2ccncc2)c(-c2cccs2)s1)c1ccccc1F. The summed E-state index contributed by atoms with van der Waals surface area (Å²) in [5.74, 6) is -1.08. The Hall–Kier alpha value is -2.90. The Morgan fingerprint density at radius 1 is 1.04 bits per heavy atom. The van der Waals surface area contributed by atoms with Gasteiger partial charge in [-0.3, -0.25) is 15.1 Å². The van der Waals surface area contributed by atoms with Crippen LogP contribution < -0.4 is 5.32 Å². The predicted octanol–water partition coefficient (Wildman–Crippen LogP) is 5.33. The molecule has 1 amide bonds. The van der Waals surface area contributed by atoms with Gasteiger partial charge in [0.1, 0.15) is 5.82 Å². The molecule has 0 atom stereocenters. The lowest BCUT2D eigenvalue weighted by atomic mass is 10.1. The van der Waals surface area contributed by atoms with E-state index in [-0.39, 0.29) is 5.56 Å². The van der Waals surface area contributed by atoms with Gasteiger partial charge in [0.15, 0.2) is 5.13 Å². The van der Waals surface area contributed by atoms with Crippen LogP contribution in [-0.2, 0) is 0 Å². The molecule has 0 aliphatic heterocycles. The Bertz CT molecular complexity index is 1050. The minimum Gasteiger partial charge on any atom is -0.298 e. The predicted molar refractivity (Wildman–Crippen MR) is 103 cm³/mol. The molecule has 26 heavy (non-hydrogen) atoms. The fourth-order valence-electron chi connectivity index (χ4n) is 2.46. The number of nitrogens with zero attached hydrogens (tertiary/aromatic N) is 2. The van der Waals surface area contributed by atoms with E-state index in [0.29, 0.717) is 5.13 Å². The fourth-order valence-corrected chi connectivity index (χ4v) is 4.30. The quantitative estimate of drug-likeness (QED) is 0.520. The molecule has 0 aliphatic rings. The number of carbonyl (C=O) groups is 1. The number of anilines is 1. The van der Waals surface area contributed by atoms with Gasteiger partial charge in [-0.05, 0) is 35.7 Å². The van der Waals surface area contributed by atoms with Gasteiger partial charge < -0.3 is 0 Å². The largest absolute Gasteiger partial charge is 0.298 e. The van der Waals surface area contributed by atoms with Crippen molar-refractivity contribution in [2.45, 2.75) is 0 Å². The van der Waals surface area contributed by atoms with Crippen molar-refractivity contribution in [1.29, 1.82) is 0 Å². The first-order chi connectivity index (χ1) is 12.7.